The maximum atomic E-state index is 10.6. The Morgan fingerprint density at radius 1 is 1.77 bits per heavy atom. The van der Waals surface area contributed by atoms with Crippen LogP contribution in [0.2, 0.25) is 0 Å². The van der Waals surface area contributed by atoms with Crippen LogP contribution in [0.3, 0.4) is 0 Å². The molecule has 0 fully saturated rings. The molecule has 0 saturated heterocycles. The van der Waals surface area contributed by atoms with E-state index in [-0.39, 0.29) is 29.6 Å². The van der Waals surface area contributed by atoms with Gasteiger partial charge in [-0.3, -0.25) is 0 Å². The third-order valence-electron chi connectivity index (χ3n) is 1.84. The molecule has 1 aliphatic rings. The number of carbonyl (C=O) groups excluding carboxylic acids is 1. The molecule has 0 saturated carbocycles. The average molecular weight is 190 g/mol. The molecule has 1 atom stereocenters. The van der Waals surface area contributed by atoms with Crippen LogP contribution in [0.4, 0.5) is 0 Å². The van der Waals surface area contributed by atoms with E-state index in [9.17, 15) is 9.90 Å². The van der Waals surface area contributed by atoms with Crippen LogP contribution < -0.4 is 40.0 Å². The van der Waals surface area contributed by atoms with Crippen molar-refractivity contribution in [1.29, 1.82) is 0 Å². The Kier molecular flexibility index (Phi) is 3.43. The normalized spacial score (nSPS) is 20.2. The number of fused-ring (bicyclic) bond motifs is 1. The number of carboxylic acid groups (broad SMARTS) is 1. The number of hydrogen-bond acceptors (Lipinski definition) is 5. The van der Waals surface area contributed by atoms with Crippen LogP contribution in [0.25, 0.3) is 0 Å². The standard InChI is InChI=1S/C6H8N4O2.Na/c11-6(12)4-5-9-8-3-10(5)2-1-7-4;/h3-4,7H,1-2H2,(H,11,12);/q;+1/p-1. The summed E-state index contributed by atoms with van der Waals surface area (Å²) in [5, 5.41) is 20.6. The maximum Gasteiger partial charge on any atom is 1.00 e. The van der Waals surface area contributed by atoms with E-state index in [4.69, 9.17) is 0 Å². The van der Waals surface area contributed by atoms with Gasteiger partial charge < -0.3 is 19.8 Å². The summed E-state index contributed by atoms with van der Waals surface area (Å²) in [6.07, 6.45) is 1.52. The minimum atomic E-state index is -1.16. The summed E-state index contributed by atoms with van der Waals surface area (Å²) in [4.78, 5) is 10.6. The van der Waals surface area contributed by atoms with E-state index in [1.807, 2.05) is 0 Å². The van der Waals surface area contributed by atoms with Crippen LogP contribution in [-0.2, 0) is 11.3 Å². The monoisotopic (exact) mass is 190 g/mol. The fourth-order valence-electron chi connectivity index (χ4n) is 1.27. The molecule has 1 aromatic rings. The first-order chi connectivity index (χ1) is 5.79. The summed E-state index contributed by atoms with van der Waals surface area (Å²) in [6, 6.07) is -0.818. The molecule has 0 radical (unpaired) electrons. The third-order valence-corrected chi connectivity index (χ3v) is 1.84. The predicted molar refractivity (Wildman–Crippen MR) is 35.8 cm³/mol. The van der Waals surface area contributed by atoms with Crippen LogP contribution in [0, 0.1) is 0 Å². The van der Waals surface area contributed by atoms with E-state index in [0.717, 1.165) is 0 Å². The molecule has 13 heavy (non-hydrogen) atoms. The summed E-state index contributed by atoms with van der Waals surface area (Å²) >= 11 is 0. The number of hydrogen-bond donors (Lipinski definition) is 1. The molecule has 1 aliphatic heterocycles. The third kappa shape index (κ3) is 1.91. The number of nitrogens with one attached hydrogen (secondary N) is 1. The summed E-state index contributed by atoms with van der Waals surface area (Å²) in [5.74, 6) is -0.745. The molecule has 64 valence electrons. The number of carboxylic acids is 1. The minimum Gasteiger partial charge on any atom is -0.548 e. The van der Waals surface area contributed by atoms with Gasteiger partial charge >= 0.3 is 29.6 Å². The predicted octanol–water partition coefficient (Wildman–Crippen LogP) is -5.32. The van der Waals surface area contributed by atoms with Crippen molar-refractivity contribution in [1.82, 2.24) is 20.1 Å². The second kappa shape index (κ2) is 4.19. The number of aliphatic carboxylic acids is 1. The van der Waals surface area contributed by atoms with Gasteiger partial charge in [-0.1, -0.05) is 0 Å². The Hall–Kier alpha value is -0.430. The van der Waals surface area contributed by atoms with E-state index in [0.29, 0.717) is 18.9 Å². The molecule has 0 aliphatic carbocycles. The van der Waals surface area contributed by atoms with Gasteiger partial charge in [0.15, 0.2) is 5.82 Å². The van der Waals surface area contributed by atoms with Crippen LogP contribution in [0.15, 0.2) is 6.33 Å². The van der Waals surface area contributed by atoms with Gasteiger partial charge in [0.2, 0.25) is 0 Å². The molecule has 1 aromatic heterocycles. The molecule has 0 spiro atoms. The fourth-order valence-corrected chi connectivity index (χ4v) is 1.27. The van der Waals surface area contributed by atoms with Crippen molar-refractivity contribution in [3.8, 4) is 0 Å². The van der Waals surface area contributed by atoms with Gasteiger partial charge in [-0.05, 0) is 0 Å². The zero-order valence-electron chi connectivity index (χ0n) is 7.23. The molecule has 1 unspecified atom stereocenters. The summed E-state index contributed by atoms with van der Waals surface area (Å²) in [6.45, 7) is 1.30. The van der Waals surface area contributed by atoms with Crippen molar-refractivity contribution in [2.45, 2.75) is 12.6 Å². The molecule has 0 aromatic carbocycles. The zero-order chi connectivity index (χ0) is 8.55. The number of rotatable bonds is 1. The van der Waals surface area contributed by atoms with Gasteiger partial charge in [-0.15, -0.1) is 10.2 Å². The van der Waals surface area contributed by atoms with Gasteiger partial charge in [-0.25, -0.2) is 0 Å². The smallest absolute Gasteiger partial charge is 0.548 e. The first-order valence-corrected chi connectivity index (χ1v) is 3.61. The summed E-state index contributed by atoms with van der Waals surface area (Å²) in [7, 11) is 0. The Balaban J connectivity index is 0.000000845. The van der Waals surface area contributed by atoms with Gasteiger partial charge in [0.1, 0.15) is 12.4 Å². The van der Waals surface area contributed by atoms with E-state index in [1.165, 1.54) is 6.33 Å². The Labute approximate surface area is 96.6 Å². The van der Waals surface area contributed by atoms with E-state index in [1.54, 1.807) is 4.57 Å². The van der Waals surface area contributed by atoms with E-state index in [2.05, 4.69) is 15.5 Å². The molecular formula is C6H7N4NaO2. The van der Waals surface area contributed by atoms with E-state index < -0.39 is 12.0 Å². The molecule has 6 nitrogen and oxygen atoms in total. The molecule has 0 amide bonds. The molecule has 2 rings (SSSR count). The number of carbonyl (C=O) groups is 1. The van der Waals surface area contributed by atoms with Crippen molar-refractivity contribution in [2.75, 3.05) is 6.54 Å². The molecular weight excluding hydrogens is 183 g/mol. The Morgan fingerprint density at radius 3 is 3.23 bits per heavy atom. The van der Waals surface area contributed by atoms with Crippen LogP contribution in [0.5, 0.6) is 0 Å². The van der Waals surface area contributed by atoms with Gasteiger partial charge in [0, 0.05) is 13.1 Å². The van der Waals surface area contributed by atoms with Gasteiger partial charge in [-0.2, -0.15) is 0 Å². The van der Waals surface area contributed by atoms with Crippen molar-refractivity contribution in [2.24, 2.45) is 0 Å². The molecule has 7 heteroatoms. The van der Waals surface area contributed by atoms with E-state index >= 15 is 0 Å². The van der Waals surface area contributed by atoms with Crippen molar-refractivity contribution < 1.29 is 39.5 Å². The Bertz CT molecular complexity index is 313. The van der Waals surface area contributed by atoms with Crippen molar-refractivity contribution in [3.05, 3.63) is 12.2 Å². The van der Waals surface area contributed by atoms with Crippen LogP contribution in [0.1, 0.15) is 11.9 Å². The maximum absolute atomic E-state index is 10.6. The average Bonchev–Trinajstić information content (AvgIpc) is 2.49. The van der Waals surface area contributed by atoms with Crippen LogP contribution in [-0.4, -0.2) is 27.3 Å². The second-order valence-corrected chi connectivity index (χ2v) is 2.59. The first-order valence-electron chi connectivity index (χ1n) is 3.61. The SMILES string of the molecule is O=C([O-])C1NCCn2cnnc21.[Na+]. The van der Waals surface area contributed by atoms with Gasteiger partial charge in [0.25, 0.3) is 0 Å². The minimum absolute atomic E-state index is 0. The molecule has 0 bridgehead atoms. The fraction of sp³-hybridized carbons (Fsp3) is 0.500. The van der Waals surface area contributed by atoms with Crippen molar-refractivity contribution >= 4 is 5.97 Å². The molecule has 2 heterocycles. The summed E-state index contributed by atoms with van der Waals surface area (Å²) < 4.78 is 1.71. The summed E-state index contributed by atoms with van der Waals surface area (Å²) in [5.41, 5.74) is 0. The number of nitrogens with zero attached hydrogens (tertiary/aromatic N) is 3. The quantitative estimate of drug-likeness (QED) is 0.447. The Morgan fingerprint density at radius 2 is 2.54 bits per heavy atom. The topological polar surface area (TPSA) is 82.9 Å². The zero-order valence-corrected chi connectivity index (χ0v) is 9.23. The molecule has 1 N–H and O–H groups in total. The number of aromatic nitrogens is 3. The van der Waals surface area contributed by atoms with Crippen LogP contribution >= 0.6 is 0 Å². The largest absolute Gasteiger partial charge is 1.00 e. The van der Waals surface area contributed by atoms with Crippen molar-refractivity contribution in [3.63, 3.8) is 0 Å². The first kappa shape index (κ1) is 10.6. The second-order valence-electron chi connectivity index (χ2n) is 2.59. The van der Waals surface area contributed by atoms with Gasteiger partial charge in [0.05, 0.1) is 5.97 Å².